The van der Waals surface area contributed by atoms with Gasteiger partial charge in [0.15, 0.2) is 17.3 Å². The summed E-state index contributed by atoms with van der Waals surface area (Å²) < 4.78 is 39.5. The molecule has 0 atom stereocenters. The molecule has 234 valence electrons. The number of phenols is 1. The summed E-state index contributed by atoms with van der Waals surface area (Å²) in [4.78, 5) is 37.8. The molecule has 0 fully saturated rings. The Morgan fingerprint density at radius 1 is 1.20 bits per heavy atom. The van der Waals surface area contributed by atoms with Gasteiger partial charge >= 0.3 is 5.69 Å². The zero-order valence-electron chi connectivity index (χ0n) is 25.1. The summed E-state index contributed by atoms with van der Waals surface area (Å²) >= 11 is 2.40. The van der Waals surface area contributed by atoms with Gasteiger partial charge in [0, 0.05) is 22.0 Å². The van der Waals surface area contributed by atoms with E-state index >= 15 is 8.78 Å². The van der Waals surface area contributed by atoms with Gasteiger partial charge in [0.05, 0.1) is 29.8 Å². The van der Waals surface area contributed by atoms with E-state index in [4.69, 9.17) is 4.18 Å². The van der Waals surface area contributed by atoms with Crippen LogP contribution in [0.3, 0.4) is 0 Å². The largest absolute Gasteiger partial charge is 0.507 e. The van der Waals surface area contributed by atoms with Crippen LogP contribution in [0.2, 0.25) is 0 Å². The molecular formula is C32H31F2N5O4S2. The van der Waals surface area contributed by atoms with E-state index in [2.05, 4.69) is 16.5 Å². The lowest BCUT2D eigenvalue weighted by Crippen LogP contribution is -2.34. The molecule has 1 N–H and O–H groups in total. The predicted octanol–water partition coefficient (Wildman–Crippen LogP) is 6.77. The summed E-state index contributed by atoms with van der Waals surface area (Å²) in [5.41, 5.74) is 0.209. The topological polar surface area (TPSA) is 101 Å². The number of hydrogen-bond acceptors (Lipinski definition) is 9. The number of pyridine rings is 1. The molecule has 0 unspecified atom stereocenters. The molecule has 3 heterocycles. The molecular weight excluding hydrogens is 621 g/mol. The van der Waals surface area contributed by atoms with E-state index in [9.17, 15) is 14.7 Å². The minimum Gasteiger partial charge on any atom is -0.507 e. The van der Waals surface area contributed by atoms with Crippen molar-refractivity contribution in [3.63, 3.8) is 0 Å². The van der Waals surface area contributed by atoms with E-state index in [0.717, 1.165) is 34.8 Å². The monoisotopic (exact) mass is 651 g/mol. The molecule has 4 aromatic rings. The van der Waals surface area contributed by atoms with E-state index in [-0.39, 0.29) is 41.2 Å². The molecule has 9 nitrogen and oxygen atoms in total. The van der Waals surface area contributed by atoms with Gasteiger partial charge in [-0.05, 0) is 49.2 Å². The molecule has 2 aromatic carbocycles. The first-order valence-electron chi connectivity index (χ1n) is 14.2. The number of amides is 1. The van der Waals surface area contributed by atoms with Crippen LogP contribution in [0.1, 0.15) is 33.3 Å². The highest BCUT2D eigenvalue weighted by Crippen LogP contribution is 2.39. The van der Waals surface area contributed by atoms with Gasteiger partial charge in [-0.15, -0.1) is 11.8 Å². The summed E-state index contributed by atoms with van der Waals surface area (Å²) in [6.07, 6.45) is 3.29. The van der Waals surface area contributed by atoms with E-state index in [1.54, 1.807) is 13.1 Å². The number of rotatable bonds is 7. The second kappa shape index (κ2) is 13.4. The van der Waals surface area contributed by atoms with Crippen molar-refractivity contribution < 1.29 is 22.9 Å². The standard InChI is InChI=1S/C32H31F2N5O4S2/c1-6-20-10-8-13-25(44-18(3)4)29(20)39-31-21(16-23(34)28(35-31)27-22(33)11-9-12-24(27)40)30(36-32(39)42)38-17-19(5)37(26(41)7-2)14-15-43-45-38/h7-13,16-18,40H,2,6,14-15H2,1,3-5H3. The molecule has 13 heteroatoms. The Kier molecular flexibility index (Phi) is 9.61. The number of allylic oxidation sites excluding steroid dienone is 1. The maximum Gasteiger partial charge on any atom is 0.355 e. The highest BCUT2D eigenvalue weighted by molar-refractivity contribution is 8.00. The van der Waals surface area contributed by atoms with Crippen molar-refractivity contribution in [1.82, 2.24) is 19.4 Å². The third kappa shape index (κ3) is 6.33. The summed E-state index contributed by atoms with van der Waals surface area (Å²) in [5.74, 6) is -2.69. The van der Waals surface area contributed by atoms with E-state index in [1.807, 2.05) is 39.0 Å². The van der Waals surface area contributed by atoms with Gasteiger partial charge in [0.1, 0.15) is 29.5 Å². The van der Waals surface area contributed by atoms with Crippen LogP contribution in [0, 0.1) is 11.6 Å². The first-order chi connectivity index (χ1) is 21.5. The van der Waals surface area contributed by atoms with Crippen LogP contribution in [0.15, 0.2) is 76.7 Å². The van der Waals surface area contributed by atoms with Crippen molar-refractivity contribution in [3.05, 3.63) is 94.7 Å². The lowest BCUT2D eigenvalue weighted by atomic mass is 10.1. The molecule has 0 aliphatic carbocycles. The second-order valence-corrected chi connectivity index (χ2v) is 12.7. The lowest BCUT2D eigenvalue weighted by Gasteiger charge is -2.28. The van der Waals surface area contributed by atoms with Crippen LogP contribution in [0.4, 0.5) is 14.6 Å². The molecule has 1 amide bonds. The van der Waals surface area contributed by atoms with Crippen molar-refractivity contribution >= 4 is 46.7 Å². The average Bonchev–Trinajstić information content (AvgIpc) is 2.99. The van der Waals surface area contributed by atoms with Gasteiger partial charge in [-0.2, -0.15) is 4.98 Å². The Morgan fingerprint density at radius 2 is 1.96 bits per heavy atom. The lowest BCUT2D eigenvalue weighted by molar-refractivity contribution is -0.124. The highest BCUT2D eigenvalue weighted by atomic mass is 32.2. The minimum atomic E-state index is -0.946. The molecule has 45 heavy (non-hydrogen) atoms. The summed E-state index contributed by atoms with van der Waals surface area (Å²) in [7, 11) is 0. The summed E-state index contributed by atoms with van der Waals surface area (Å²) in [5, 5.41) is 10.8. The number of phenolic OH excluding ortho intramolecular Hbond substituents is 1. The molecule has 0 spiro atoms. The number of aromatic hydroxyl groups is 1. The molecule has 0 saturated heterocycles. The summed E-state index contributed by atoms with van der Waals surface area (Å²) in [6.45, 7) is 11.7. The molecule has 1 aliphatic heterocycles. The SMILES string of the molecule is C=CC(=O)N1CCOSN(c2nc(=O)n(-c3c(CC)cccc3SC(C)C)c3nc(-c4c(O)cccc4F)c(F)cc23)C=C1C. The first-order valence-corrected chi connectivity index (χ1v) is 15.7. The number of para-hydroxylation sites is 1. The fourth-order valence-corrected chi connectivity index (χ4v) is 6.67. The number of aryl methyl sites for hydroxylation is 1. The zero-order valence-corrected chi connectivity index (χ0v) is 26.7. The number of carbonyl (C=O) groups excluding carboxylic acids is 1. The van der Waals surface area contributed by atoms with Crippen LogP contribution in [0.25, 0.3) is 28.0 Å². The van der Waals surface area contributed by atoms with Crippen molar-refractivity contribution in [2.24, 2.45) is 0 Å². The number of anilines is 1. The fourth-order valence-electron chi connectivity index (χ4n) is 5.00. The maximum atomic E-state index is 16.0. The van der Waals surface area contributed by atoms with Crippen molar-refractivity contribution in [2.75, 3.05) is 17.5 Å². The van der Waals surface area contributed by atoms with Gasteiger partial charge in [0.25, 0.3) is 0 Å². The average molecular weight is 652 g/mol. The molecule has 0 radical (unpaired) electrons. The van der Waals surface area contributed by atoms with Crippen LogP contribution in [0.5, 0.6) is 5.75 Å². The Bertz CT molecular complexity index is 1880. The van der Waals surface area contributed by atoms with Gasteiger partial charge in [0.2, 0.25) is 5.91 Å². The van der Waals surface area contributed by atoms with Crippen LogP contribution in [-0.4, -0.2) is 48.9 Å². The van der Waals surface area contributed by atoms with Gasteiger partial charge < -0.3 is 10.0 Å². The number of nitrogens with zero attached hydrogens (tertiary/aromatic N) is 5. The molecule has 0 bridgehead atoms. The van der Waals surface area contributed by atoms with E-state index in [1.165, 1.54) is 43.7 Å². The Balaban J connectivity index is 1.88. The first kappa shape index (κ1) is 32.2. The van der Waals surface area contributed by atoms with E-state index < -0.39 is 34.3 Å². The quantitative estimate of drug-likeness (QED) is 0.100. The summed E-state index contributed by atoms with van der Waals surface area (Å²) in [6, 6.07) is 10.4. The number of aromatic nitrogens is 3. The molecule has 1 aliphatic rings. The van der Waals surface area contributed by atoms with Gasteiger partial charge in [-0.25, -0.2) is 27.4 Å². The normalized spacial score (nSPS) is 14.0. The number of halogens is 2. The molecule has 2 aromatic heterocycles. The Morgan fingerprint density at radius 3 is 2.64 bits per heavy atom. The number of carbonyl (C=O) groups is 1. The minimum absolute atomic E-state index is 0.00810. The number of benzene rings is 2. The smallest absolute Gasteiger partial charge is 0.355 e. The number of thioether (sulfide) groups is 1. The van der Waals surface area contributed by atoms with Crippen molar-refractivity contribution in [2.45, 2.75) is 44.3 Å². The van der Waals surface area contributed by atoms with Crippen LogP contribution in [-0.2, 0) is 15.4 Å². The number of fused-ring (bicyclic) bond motifs is 1. The predicted molar refractivity (Wildman–Crippen MR) is 174 cm³/mol. The van der Waals surface area contributed by atoms with Crippen molar-refractivity contribution in [1.29, 1.82) is 0 Å². The van der Waals surface area contributed by atoms with Crippen molar-refractivity contribution in [3.8, 4) is 22.7 Å². The highest BCUT2D eigenvalue weighted by Gasteiger charge is 2.27. The molecule has 0 saturated carbocycles. The van der Waals surface area contributed by atoms with Crippen LogP contribution >= 0.6 is 24.0 Å². The fraction of sp³-hybridized carbons (Fsp3) is 0.250. The Hall–Kier alpha value is -4.20. The van der Waals surface area contributed by atoms with Crippen LogP contribution < -0.4 is 9.99 Å². The molecule has 5 rings (SSSR count). The second-order valence-electron chi connectivity index (χ2n) is 10.3. The van der Waals surface area contributed by atoms with E-state index in [0.29, 0.717) is 17.8 Å². The number of hydrogen-bond donors (Lipinski definition) is 1. The Labute approximate surface area is 267 Å². The third-order valence-corrected chi connectivity index (χ3v) is 8.76. The third-order valence-electron chi connectivity index (χ3n) is 6.99. The zero-order chi connectivity index (χ0) is 32.4. The maximum absolute atomic E-state index is 16.0. The van der Waals surface area contributed by atoms with Gasteiger partial charge in [-0.1, -0.05) is 45.5 Å². The van der Waals surface area contributed by atoms with Gasteiger partial charge in [-0.3, -0.25) is 8.98 Å².